The number of ether oxygens (including phenoxy) is 1. The number of aliphatic imine (C=N–C) groups is 1. The predicted molar refractivity (Wildman–Crippen MR) is 173 cm³/mol. The number of hydrogen-bond acceptors (Lipinski definition) is 7. The third-order valence-electron chi connectivity index (χ3n) is 7.26. The number of carbonyl (C=O) groups excluding carboxylic acids is 1. The molecule has 2 aliphatic heterocycles. The van der Waals surface area contributed by atoms with Gasteiger partial charge in [-0.3, -0.25) is 9.69 Å². The van der Waals surface area contributed by atoms with Gasteiger partial charge in [-0.05, 0) is 42.3 Å². The van der Waals surface area contributed by atoms with Gasteiger partial charge in [0.15, 0.2) is 5.84 Å². The predicted octanol–water partition coefficient (Wildman–Crippen LogP) is 7.88. The molecule has 1 saturated heterocycles. The first-order valence-corrected chi connectivity index (χ1v) is 14.8. The molecule has 42 heavy (non-hydrogen) atoms. The van der Waals surface area contributed by atoms with Crippen molar-refractivity contribution in [3.63, 3.8) is 0 Å². The van der Waals surface area contributed by atoms with E-state index in [0.29, 0.717) is 5.84 Å². The summed E-state index contributed by atoms with van der Waals surface area (Å²) in [7, 11) is 1.45. The van der Waals surface area contributed by atoms with Crippen LogP contribution >= 0.6 is 11.8 Å². The zero-order valence-electron chi connectivity index (χ0n) is 23.8. The van der Waals surface area contributed by atoms with Crippen molar-refractivity contribution < 1.29 is 9.53 Å². The number of esters is 1. The largest absolute Gasteiger partial charge is 0.468 e. The molecule has 1 fully saturated rings. The minimum absolute atomic E-state index is 0.194. The van der Waals surface area contributed by atoms with Gasteiger partial charge in [-0.15, -0.1) is 0 Å². The smallest absolute Gasteiger partial charge is 0.318 e. The van der Waals surface area contributed by atoms with Gasteiger partial charge in [-0.1, -0.05) is 117 Å². The van der Waals surface area contributed by atoms with Crippen LogP contribution in [0.4, 0.5) is 17.1 Å². The zero-order valence-corrected chi connectivity index (χ0v) is 24.6. The number of hydrazone groups is 1. The fourth-order valence-electron chi connectivity index (χ4n) is 5.55. The van der Waals surface area contributed by atoms with Gasteiger partial charge < -0.3 is 4.74 Å². The molecule has 4 aromatic rings. The molecule has 0 amide bonds. The van der Waals surface area contributed by atoms with E-state index in [2.05, 4.69) is 37.0 Å². The van der Waals surface area contributed by atoms with Gasteiger partial charge in [-0.25, -0.2) is 10.0 Å². The lowest BCUT2D eigenvalue weighted by atomic mass is 9.87. The van der Waals surface area contributed by atoms with Gasteiger partial charge in [0.25, 0.3) is 0 Å². The highest BCUT2D eigenvalue weighted by molar-refractivity contribution is 8.18. The number of carbonyl (C=O) groups is 1. The van der Waals surface area contributed by atoms with Crippen molar-refractivity contribution in [2.75, 3.05) is 17.0 Å². The second kappa shape index (κ2) is 11.7. The van der Waals surface area contributed by atoms with Crippen molar-refractivity contribution in [2.24, 2.45) is 21.9 Å². The van der Waals surface area contributed by atoms with Crippen LogP contribution in [0.2, 0.25) is 0 Å². The van der Waals surface area contributed by atoms with Crippen LogP contribution in [0, 0.1) is 11.8 Å². The van der Waals surface area contributed by atoms with Gasteiger partial charge >= 0.3 is 5.97 Å². The number of anilines is 2. The Morgan fingerprint density at radius 2 is 1.40 bits per heavy atom. The van der Waals surface area contributed by atoms with Crippen molar-refractivity contribution in [3.8, 4) is 0 Å². The van der Waals surface area contributed by atoms with Crippen LogP contribution in [0.3, 0.4) is 0 Å². The Morgan fingerprint density at radius 3 is 1.98 bits per heavy atom. The normalized spacial score (nSPS) is 21.9. The Kier molecular flexibility index (Phi) is 7.68. The van der Waals surface area contributed by atoms with E-state index < -0.39 is 11.6 Å². The number of methoxy groups -OCH3 is 1. The first kappa shape index (κ1) is 27.5. The summed E-state index contributed by atoms with van der Waals surface area (Å²) in [5.74, 6) is -0.187. The minimum atomic E-state index is -1.19. The van der Waals surface area contributed by atoms with Crippen molar-refractivity contribution in [1.29, 1.82) is 0 Å². The van der Waals surface area contributed by atoms with E-state index in [0.717, 1.165) is 32.6 Å². The van der Waals surface area contributed by atoms with E-state index in [9.17, 15) is 4.79 Å². The lowest BCUT2D eigenvalue weighted by Crippen LogP contribution is -2.65. The number of thioether (sulfide) groups is 1. The molecule has 0 aliphatic carbocycles. The molecule has 0 bridgehead atoms. The molecule has 6 nitrogen and oxygen atoms in total. The van der Waals surface area contributed by atoms with Crippen LogP contribution < -0.4 is 9.91 Å². The highest BCUT2D eigenvalue weighted by Crippen LogP contribution is 2.56. The Hall–Kier alpha value is -4.62. The Morgan fingerprint density at radius 1 is 0.857 bits per heavy atom. The lowest BCUT2D eigenvalue weighted by molar-refractivity contribution is -0.144. The number of hydrogen-bond donors (Lipinski definition) is 0. The molecule has 210 valence electrons. The van der Waals surface area contributed by atoms with Gasteiger partial charge in [-0.2, -0.15) is 5.10 Å². The number of benzene rings is 4. The Labute approximate surface area is 251 Å². The molecule has 0 unspecified atom stereocenters. The second-order valence-corrected chi connectivity index (χ2v) is 11.5. The number of rotatable bonds is 6. The van der Waals surface area contributed by atoms with E-state index in [4.69, 9.17) is 14.8 Å². The van der Waals surface area contributed by atoms with Crippen molar-refractivity contribution in [2.45, 2.75) is 19.5 Å². The second-order valence-electron chi connectivity index (χ2n) is 10.5. The highest BCUT2D eigenvalue weighted by atomic mass is 32.2. The van der Waals surface area contributed by atoms with Crippen LogP contribution in [-0.2, 0) is 9.53 Å². The molecular weight excluding hydrogens is 540 g/mol. The maximum Gasteiger partial charge on any atom is 0.318 e. The molecule has 0 saturated carbocycles. The SMILES string of the molecule is COC(=O)[C@@H]1/C(=C\C(C)C)SC(=Nc2ccccc2)[C@@]12N(c1ccccc1)N=C(c1ccccc1)N2c1ccccc1. The van der Waals surface area contributed by atoms with Gasteiger partial charge in [0.05, 0.1) is 18.5 Å². The zero-order chi connectivity index (χ0) is 29.1. The first-order chi connectivity index (χ1) is 20.5. The fraction of sp³-hybridized carbons (Fsp3) is 0.171. The number of allylic oxidation sites excluding steroid dienone is 1. The average molecular weight is 573 g/mol. The van der Waals surface area contributed by atoms with Crippen LogP contribution in [0.5, 0.6) is 0 Å². The quantitative estimate of drug-likeness (QED) is 0.220. The summed E-state index contributed by atoms with van der Waals surface area (Å²) < 4.78 is 5.59. The minimum Gasteiger partial charge on any atom is -0.468 e. The molecule has 2 aliphatic rings. The van der Waals surface area contributed by atoms with Crippen LogP contribution in [-0.4, -0.2) is 29.6 Å². The maximum atomic E-state index is 14.1. The van der Waals surface area contributed by atoms with E-state index in [1.54, 1.807) is 0 Å². The third kappa shape index (κ3) is 4.80. The summed E-state index contributed by atoms with van der Waals surface area (Å²) >= 11 is 1.53. The average Bonchev–Trinajstić information content (AvgIpc) is 3.53. The molecule has 4 aromatic carbocycles. The lowest BCUT2D eigenvalue weighted by Gasteiger charge is -2.44. The van der Waals surface area contributed by atoms with E-state index in [1.165, 1.54) is 18.9 Å². The van der Waals surface area contributed by atoms with Crippen LogP contribution in [0.15, 0.2) is 142 Å². The van der Waals surface area contributed by atoms with E-state index >= 15 is 0 Å². The molecular formula is C35H32N4O2S. The topological polar surface area (TPSA) is 57.5 Å². The number of amidine groups is 1. The summed E-state index contributed by atoms with van der Waals surface area (Å²) in [6, 6.07) is 40.1. The Bertz CT molecular complexity index is 1640. The summed E-state index contributed by atoms with van der Waals surface area (Å²) in [4.78, 5) is 22.5. The molecule has 0 aromatic heterocycles. The molecule has 7 heteroatoms. The van der Waals surface area contributed by atoms with E-state index in [-0.39, 0.29) is 11.9 Å². The summed E-state index contributed by atoms with van der Waals surface area (Å²) in [6.07, 6.45) is 2.15. The molecule has 0 N–H and O–H groups in total. The summed E-state index contributed by atoms with van der Waals surface area (Å²) in [5, 5.41) is 8.05. The van der Waals surface area contributed by atoms with Gasteiger partial charge in [0, 0.05) is 16.2 Å². The first-order valence-electron chi connectivity index (χ1n) is 14.0. The molecule has 6 rings (SSSR count). The van der Waals surface area contributed by atoms with Gasteiger partial charge in [0.2, 0.25) is 5.66 Å². The molecule has 1 spiro atoms. The maximum absolute atomic E-state index is 14.1. The van der Waals surface area contributed by atoms with Crippen molar-refractivity contribution in [1.82, 2.24) is 0 Å². The molecule has 0 radical (unpaired) electrons. The molecule has 2 heterocycles. The Balaban J connectivity index is 1.74. The number of nitrogens with zero attached hydrogens (tertiary/aromatic N) is 4. The molecule has 2 atom stereocenters. The monoisotopic (exact) mass is 572 g/mol. The van der Waals surface area contributed by atoms with Crippen LogP contribution in [0.1, 0.15) is 19.4 Å². The van der Waals surface area contributed by atoms with E-state index in [1.807, 2.05) is 114 Å². The number of para-hydroxylation sites is 3. The van der Waals surface area contributed by atoms with Crippen molar-refractivity contribution >= 4 is 45.7 Å². The van der Waals surface area contributed by atoms with Crippen LogP contribution in [0.25, 0.3) is 0 Å². The highest BCUT2D eigenvalue weighted by Gasteiger charge is 2.67. The van der Waals surface area contributed by atoms with Gasteiger partial charge in [0.1, 0.15) is 11.0 Å². The summed E-state index contributed by atoms with van der Waals surface area (Å²) in [6.45, 7) is 4.23. The summed E-state index contributed by atoms with van der Waals surface area (Å²) in [5.41, 5.74) is 2.25. The standard InChI is InChI=1S/C35H32N4O2S/c1-25(2)24-30-31(33(40)41-3)35(34(42-30)36-27-18-10-5-11-19-27)38(28-20-12-6-13-21-28)32(26-16-8-4-9-17-26)37-39(35)29-22-14-7-15-23-29/h4-25,31H,1-3H3/b30-24+,36-34?/t31-,35-/m0/s1. The third-order valence-corrected chi connectivity index (χ3v) is 8.45. The fourth-order valence-corrected chi connectivity index (χ4v) is 7.09. The van der Waals surface area contributed by atoms with Crippen molar-refractivity contribution in [3.05, 3.63) is 138 Å².